The fourth-order valence-corrected chi connectivity index (χ4v) is 3.18. The Morgan fingerprint density at radius 1 is 1.35 bits per heavy atom. The van der Waals surface area contributed by atoms with E-state index in [-0.39, 0.29) is 12.0 Å². The predicted molar refractivity (Wildman–Crippen MR) is 97.9 cm³/mol. The molecule has 1 fully saturated rings. The molecule has 1 amide bonds. The lowest BCUT2D eigenvalue weighted by atomic mass is 10.1. The van der Waals surface area contributed by atoms with E-state index in [0.29, 0.717) is 31.9 Å². The van der Waals surface area contributed by atoms with E-state index in [0.717, 1.165) is 29.8 Å². The number of benzene rings is 1. The fourth-order valence-electron chi connectivity index (χ4n) is 3.18. The number of carbonyl (C=O) groups is 1. The average Bonchev–Trinajstić information content (AvgIpc) is 2.67. The van der Waals surface area contributed by atoms with Gasteiger partial charge in [-0.2, -0.15) is 0 Å². The monoisotopic (exact) mass is 355 g/mol. The Morgan fingerprint density at radius 3 is 3.04 bits per heavy atom. The molecule has 0 saturated carbocycles. The van der Waals surface area contributed by atoms with Gasteiger partial charge >= 0.3 is 0 Å². The lowest BCUT2D eigenvalue weighted by Gasteiger charge is -2.33. The minimum Gasteiger partial charge on any atom is -0.380 e. The molecule has 3 rings (SSSR count). The number of hydrogen-bond donors (Lipinski definition) is 0. The number of carbonyl (C=O) groups excluding carboxylic acids is 1. The van der Waals surface area contributed by atoms with Crippen LogP contribution in [0.15, 0.2) is 36.7 Å². The van der Waals surface area contributed by atoms with Crippen molar-refractivity contribution in [1.82, 2.24) is 14.9 Å². The fraction of sp³-hybridized carbons (Fsp3) is 0.450. The number of morpholine rings is 1. The highest BCUT2D eigenvalue weighted by molar-refractivity contribution is 5.94. The molecule has 1 aliphatic heterocycles. The second-order valence-electron chi connectivity index (χ2n) is 6.57. The Labute approximate surface area is 154 Å². The first-order valence-corrected chi connectivity index (χ1v) is 8.92. The predicted octanol–water partition coefficient (Wildman–Crippen LogP) is 2.41. The Bertz CT molecular complexity index is 751. The van der Waals surface area contributed by atoms with Crippen LogP contribution in [0.4, 0.5) is 0 Å². The highest BCUT2D eigenvalue weighted by Crippen LogP contribution is 2.16. The average molecular weight is 355 g/mol. The number of aromatic nitrogens is 2. The summed E-state index contributed by atoms with van der Waals surface area (Å²) in [5.74, 6) is 0.0501. The SMILES string of the molecule is COCc1cccc(C(=O)N2CCO[C@H](CCc3cc(C)ncn3)C2)c1. The number of aryl methyl sites for hydroxylation is 2. The third-order valence-electron chi connectivity index (χ3n) is 4.49. The second-order valence-corrected chi connectivity index (χ2v) is 6.57. The summed E-state index contributed by atoms with van der Waals surface area (Å²) in [4.78, 5) is 23.1. The molecule has 2 heterocycles. The molecule has 1 atom stereocenters. The lowest BCUT2D eigenvalue weighted by Crippen LogP contribution is -2.45. The normalized spacial score (nSPS) is 17.3. The van der Waals surface area contributed by atoms with Crippen LogP contribution < -0.4 is 0 Å². The number of rotatable bonds is 6. The summed E-state index contributed by atoms with van der Waals surface area (Å²) in [6, 6.07) is 9.62. The first-order chi connectivity index (χ1) is 12.7. The van der Waals surface area contributed by atoms with E-state index in [9.17, 15) is 4.79 Å². The highest BCUT2D eigenvalue weighted by atomic mass is 16.5. The molecular weight excluding hydrogens is 330 g/mol. The maximum Gasteiger partial charge on any atom is 0.254 e. The van der Waals surface area contributed by atoms with Crippen molar-refractivity contribution in [2.75, 3.05) is 26.8 Å². The van der Waals surface area contributed by atoms with Gasteiger partial charge in [0.15, 0.2) is 0 Å². The Kier molecular flexibility index (Phi) is 6.30. The summed E-state index contributed by atoms with van der Waals surface area (Å²) >= 11 is 0. The van der Waals surface area contributed by atoms with Gasteiger partial charge in [0.25, 0.3) is 5.91 Å². The first kappa shape index (κ1) is 18.5. The summed E-state index contributed by atoms with van der Waals surface area (Å²) in [6.45, 7) is 4.26. The molecule has 0 unspecified atom stereocenters. The zero-order valence-electron chi connectivity index (χ0n) is 15.4. The highest BCUT2D eigenvalue weighted by Gasteiger charge is 2.25. The number of hydrogen-bond acceptors (Lipinski definition) is 5. The van der Waals surface area contributed by atoms with Crippen molar-refractivity contribution in [3.05, 3.63) is 59.2 Å². The topological polar surface area (TPSA) is 64.5 Å². The van der Waals surface area contributed by atoms with E-state index >= 15 is 0 Å². The van der Waals surface area contributed by atoms with Gasteiger partial charge in [-0.3, -0.25) is 4.79 Å². The van der Waals surface area contributed by atoms with E-state index < -0.39 is 0 Å². The Morgan fingerprint density at radius 2 is 2.23 bits per heavy atom. The van der Waals surface area contributed by atoms with Crippen molar-refractivity contribution < 1.29 is 14.3 Å². The number of amides is 1. The molecule has 0 radical (unpaired) electrons. The van der Waals surface area contributed by atoms with Gasteiger partial charge in [-0.25, -0.2) is 9.97 Å². The maximum absolute atomic E-state index is 12.8. The minimum absolute atomic E-state index is 0.0325. The van der Waals surface area contributed by atoms with Crippen LogP contribution in [0, 0.1) is 6.92 Å². The van der Waals surface area contributed by atoms with Crippen LogP contribution >= 0.6 is 0 Å². The third kappa shape index (κ3) is 4.86. The molecule has 6 nitrogen and oxygen atoms in total. The zero-order valence-corrected chi connectivity index (χ0v) is 15.4. The smallest absolute Gasteiger partial charge is 0.254 e. The number of methoxy groups -OCH3 is 1. The van der Waals surface area contributed by atoms with Crippen molar-refractivity contribution >= 4 is 5.91 Å². The van der Waals surface area contributed by atoms with Crippen LogP contribution in [0.3, 0.4) is 0 Å². The second kappa shape index (κ2) is 8.87. The maximum atomic E-state index is 12.8. The Balaban J connectivity index is 1.59. The van der Waals surface area contributed by atoms with Gasteiger partial charge in [-0.05, 0) is 43.5 Å². The molecule has 1 aromatic carbocycles. The standard InChI is InChI=1S/C20H25N3O3/c1-15-10-18(22-14-21-15)6-7-19-12-23(8-9-26-19)20(24)17-5-3-4-16(11-17)13-25-2/h3-5,10-11,14,19H,6-9,12-13H2,1-2H3/t19-/m1/s1. The molecule has 1 saturated heterocycles. The largest absolute Gasteiger partial charge is 0.380 e. The lowest BCUT2D eigenvalue weighted by molar-refractivity contribution is -0.0247. The van der Waals surface area contributed by atoms with Gasteiger partial charge in [-0.1, -0.05) is 12.1 Å². The number of ether oxygens (including phenoxy) is 2. The van der Waals surface area contributed by atoms with Crippen LogP contribution in [0.5, 0.6) is 0 Å². The number of nitrogens with zero attached hydrogens (tertiary/aromatic N) is 3. The van der Waals surface area contributed by atoms with E-state index in [4.69, 9.17) is 9.47 Å². The quantitative estimate of drug-likeness (QED) is 0.796. The van der Waals surface area contributed by atoms with Gasteiger partial charge in [0.1, 0.15) is 6.33 Å². The van der Waals surface area contributed by atoms with Gasteiger partial charge in [0, 0.05) is 37.2 Å². The van der Waals surface area contributed by atoms with Gasteiger partial charge in [0.05, 0.1) is 19.3 Å². The zero-order chi connectivity index (χ0) is 18.4. The Hall–Kier alpha value is -2.31. The van der Waals surface area contributed by atoms with Crippen LogP contribution in [0.25, 0.3) is 0 Å². The summed E-state index contributed by atoms with van der Waals surface area (Å²) < 4.78 is 11.0. The molecule has 26 heavy (non-hydrogen) atoms. The third-order valence-corrected chi connectivity index (χ3v) is 4.49. The van der Waals surface area contributed by atoms with Crippen molar-refractivity contribution in [3.8, 4) is 0 Å². The van der Waals surface area contributed by atoms with Crippen molar-refractivity contribution in [1.29, 1.82) is 0 Å². The molecule has 0 spiro atoms. The molecule has 0 aliphatic carbocycles. The van der Waals surface area contributed by atoms with Crippen LogP contribution in [-0.4, -0.2) is 53.7 Å². The van der Waals surface area contributed by atoms with Crippen molar-refractivity contribution in [2.45, 2.75) is 32.5 Å². The molecule has 6 heteroatoms. The van der Waals surface area contributed by atoms with E-state index in [1.165, 1.54) is 0 Å². The summed E-state index contributed by atoms with van der Waals surface area (Å²) in [5.41, 5.74) is 3.68. The molecule has 0 N–H and O–H groups in total. The van der Waals surface area contributed by atoms with Crippen LogP contribution in [-0.2, 0) is 22.5 Å². The molecule has 1 aromatic heterocycles. The molecule has 1 aliphatic rings. The molecular formula is C20H25N3O3. The van der Waals surface area contributed by atoms with Gasteiger partial charge in [0.2, 0.25) is 0 Å². The summed E-state index contributed by atoms with van der Waals surface area (Å²) in [5, 5.41) is 0. The van der Waals surface area contributed by atoms with Gasteiger partial charge < -0.3 is 14.4 Å². The first-order valence-electron chi connectivity index (χ1n) is 8.92. The van der Waals surface area contributed by atoms with E-state index in [1.807, 2.05) is 42.2 Å². The minimum atomic E-state index is 0.0325. The molecule has 0 bridgehead atoms. The van der Waals surface area contributed by atoms with E-state index in [2.05, 4.69) is 9.97 Å². The molecule has 138 valence electrons. The van der Waals surface area contributed by atoms with Gasteiger partial charge in [-0.15, -0.1) is 0 Å². The molecule has 2 aromatic rings. The van der Waals surface area contributed by atoms with Crippen molar-refractivity contribution in [2.24, 2.45) is 0 Å². The van der Waals surface area contributed by atoms with Crippen molar-refractivity contribution in [3.63, 3.8) is 0 Å². The summed E-state index contributed by atoms with van der Waals surface area (Å²) in [7, 11) is 1.65. The van der Waals surface area contributed by atoms with Crippen LogP contribution in [0.2, 0.25) is 0 Å². The summed E-state index contributed by atoms with van der Waals surface area (Å²) in [6.07, 6.45) is 3.28. The van der Waals surface area contributed by atoms with Crippen LogP contribution in [0.1, 0.15) is 33.7 Å². The van der Waals surface area contributed by atoms with E-state index in [1.54, 1.807) is 13.4 Å².